The fourth-order valence-electron chi connectivity index (χ4n) is 2.83. The number of sulfonamides is 1. The summed E-state index contributed by atoms with van der Waals surface area (Å²) in [5.74, 6) is 1.59. The van der Waals surface area contributed by atoms with Gasteiger partial charge in [-0.25, -0.2) is 8.42 Å². The highest BCUT2D eigenvalue weighted by atomic mass is 32.2. The molecule has 1 aliphatic heterocycles. The van der Waals surface area contributed by atoms with Crippen LogP contribution in [0.3, 0.4) is 0 Å². The fraction of sp³-hybridized carbons (Fsp3) is 0.294. The number of nitrogens with zero attached hydrogens (tertiary/aromatic N) is 1. The van der Waals surface area contributed by atoms with E-state index in [1.807, 2.05) is 6.07 Å². The molecule has 0 fully saturated rings. The Bertz CT molecular complexity index is 863. The third-order valence-electron chi connectivity index (χ3n) is 4.08. The second-order valence-corrected chi connectivity index (χ2v) is 7.20. The maximum atomic E-state index is 13.0. The Morgan fingerprint density at radius 1 is 0.917 bits per heavy atom. The molecule has 0 radical (unpaired) electrons. The first-order chi connectivity index (χ1) is 11.5. The third kappa shape index (κ3) is 2.65. The molecule has 0 bridgehead atoms. The van der Waals surface area contributed by atoms with E-state index in [1.165, 1.54) is 30.7 Å². The molecule has 1 aliphatic rings. The Kier molecular flexibility index (Phi) is 4.28. The minimum atomic E-state index is -3.67. The maximum Gasteiger partial charge on any atom is 0.264 e. The molecule has 0 amide bonds. The molecule has 3 rings (SSSR count). The molecular weight excluding hydrogens is 330 g/mol. The molecule has 0 spiro atoms. The van der Waals surface area contributed by atoms with Crippen LogP contribution in [0.2, 0.25) is 0 Å². The van der Waals surface area contributed by atoms with E-state index in [0.29, 0.717) is 30.2 Å². The lowest BCUT2D eigenvalue weighted by atomic mass is 10.1. The zero-order chi connectivity index (χ0) is 17.3. The summed E-state index contributed by atoms with van der Waals surface area (Å²) in [5, 5.41) is 0. The highest BCUT2D eigenvalue weighted by Crippen LogP contribution is 2.37. The maximum absolute atomic E-state index is 13.0. The van der Waals surface area contributed by atoms with Crippen LogP contribution in [-0.4, -0.2) is 36.3 Å². The summed E-state index contributed by atoms with van der Waals surface area (Å²) in [7, 11) is 0.908. The number of rotatable bonds is 5. The number of benzene rings is 2. The molecule has 0 saturated heterocycles. The van der Waals surface area contributed by atoms with Crippen LogP contribution in [0.25, 0.3) is 0 Å². The van der Waals surface area contributed by atoms with Crippen molar-refractivity contribution in [3.63, 3.8) is 0 Å². The molecule has 0 atom stereocenters. The van der Waals surface area contributed by atoms with Gasteiger partial charge in [-0.3, -0.25) is 4.31 Å². The molecule has 6 nitrogen and oxygen atoms in total. The van der Waals surface area contributed by atoms with Crippen LogP contribution >= 0.6 is 0 Å². The minimum Gasteiger partial charge on any atom is -0.497 e. The topological polar surface area (TPSA) is 65.1 Å². The summed E-state index contributed by atoms with van der Waals surface area (Å²) < 4.78 is 43.0. The molecule has 2 aromatic rings. The first-order valence-corrected chi connectivity index (χ1v) is 8.87. The molecule has 0 aliphatic carbocycles. The predicted molar refractivity (Wildman–Crippen MR) is 90.8 cm³/mol. The summed E-state index contributed by atoms with van der Waals surface area (Å²) >= 11 is 0. The van der Waals surface area contributed by atoms with E-state index in [0.717, 1.165) is 11.3 Å². The van der Waals surface area contributed by atoms with Crippen LogP contribution in [-0.2, 0) is 16.4 Å². The number of hydrogen-bond acceptors (Lipinski definition) is 5. The van der Waals surface area contributed by atoms with Gasteiger partial charge in [-0.1, -0.05) is 0 Å². The highest BCUT2D eigenvalue weighted by molar-refractivity contribution is 7.92. The van der Waals surface area contributed by atoms with Gasteiger partial charge in [0.15, 0.2) is 11.5 Å². The van der Waals surface area contributed by atoms with Gasteiger partial charge in [0.25, 0.3) is 10.0 Å². The van der Waals surface area contributed by atoms with Crippen molar-refractivity contribution in [2.45, 2.75) is 11.3 Å². The van der Waals surface area contributed by atoms with E-state index in [9.17, 15) is 8.42 Å². The zero-order valence-corrected chi connectivity index (χ0v) is 14.6. The Morgan fingerprint density at radius 2 is 1.67 bits per heavy atom. The summed E-state index contributed by atoms with van der Waals surface area (Å²) in [5.41, 5.74) is 1.64. The predicted octanol–water partition coefficient (Wildman–Crippen LogP) is 2.46. The van der Waals surface area contributed by atoms with Gasteiger partial charge in [-0.15, -0.1) is 0 Å². The van der Waals surface area contributed by atoms with E-state index < -0.39 is 10.0 Å². The summed E-state index contributed by atoms with van der Waals surface area (Å²) in [4.78, 5) is 0.170. The Labute approximate surface area is 141 Å². The summed E-state index contributed by atoms with van der Waals surface area (Å²) in [6.07, 6.45) is 0.652. The summed E-state index contributed by atoms with van der Waals surface area (Å²) in [6.45, 7) is 0.402. The van der Waals surface area contributed by atoms with Gasteiger partial charge in [0.2, 0.25) is 0 Å². The van der Waals surface area contributed by atoms with Crippen molar-refractivity contribution in [2.24, 2.45) is 0 Å². The minimum absolute atomic E-state index is 0.170. The highest BCUT2D eigenvalue weighted by Gasteiger charge is 2.31. The van der Waals surface area contributed by atoms with Gasteiger partial charge >= 0.3 is 0 Å². The van der Waals surface area contributed by atoms with Crippen LogP contribution in [0.1, 0.15) is 5.56 Å². The normalized spacial score (nSPS) is 13.5. The lowest BCUT2D eigenvalue weighted by Crippen LogP contribution is -2.29. The van der Waals surface area contributed by atoms with Gasteiger partial charge in [-0.05, 0) is 42.3 Å². The fourth-order valence-corrected chi connectivity index (χ4v) is 4.35. The van der Waals surface area contributed by atoms with E-state index in [1.54, 1.807) is 25.3 Å². The van der Waals surface area contributed by atoms with Crippen molar-refractivity contribution in [2.75, 3.05) is 32.2 Å². The van der Waals surface area contributed by atoms with E-state index in [4.69, 9.17) is 14.2 Å². The number of fused-ring (bicyclic) bond motifs is 1. The first kappa shape index (κ1) is 16.4. The molecule has 1 heterocycles. The molecular formula is C17H19NO5S. The SMILES string of the molecule is COc1ccc2c(c1)CCN2S(=O)(=O)c1ccc(OC)c(OC)c1. The molecule has 0 saturated carbocycles. The van der Waals surface area contributed by atoms with Crippen LogP contribution in [0, 0.1) is 0 Å². The van der Waals surface area contributed by atoms with Gasteiger partial charge in [0.05, 0.1) is 31.9 Å². The van der Waals surface area contributed by atoms with Crippen molar-refractivity contribution in [1.82, 2.24) is 0 Å². The molecule has 128 valence electrons. The number of anilines is 1. The Morgan fingerprint density at radius 3 is 2.33 bits per heavy atom. The van der Waals surface area contributed by atoms with Crippen molar-refractivity contribution in [3.8, 4) is 17.2 Å². The van der Waals surface area contributed by atoms with E-state index >= 15 is 0 Å². The van der Waals surface area contributed by atoms with E-state index in [-0.39, 0.29) is 4.90 Å². The lowest BCUT2D eigenvalue weighted by Gasteiger charge is -2.20. The molecule has 0 unspecified atom stereocenters. The van der Waals surface area contributed by atoms with Gasteiger partial charge in [0.1, 0.15) is 5.75 Å². The molecule has 0 N–H and O–H groups in total. The molecule has 0 aromatic heterocycles. The lowest BCUT2D eigenvalue weighted by molar-refractivity contribution is 0.354. The van der Waals surface area contributed by atoms with Gasteiger partial charge < -0.3 is 14.2 Å². The van der Waals surface area contributed by atoms with Gasteiger partial charge in [0, 0.05) is 12.6 Å². The van der Waals surface area contributed by atoms with Crippen LogP contribution < -0.4 is 18.5 Å². The third-order valence-corrected chi connectivity index (χ3v) is 5.89. The smallest absolute Gasteiger partial charge is 0.264 e. The first-order valence-electron chi connectivity index (χ1n) is 7.43. The summed E-state index contributed by atoms with van der Waals surface area (Å²) in [6, 6.07) is 10.0. The molecule has 2 aromatic carbocycles. The van der Waals surface area contributed by atoms with Crippen LogP contribution in [0.5, 0.6) is 17.2 Å². The Hall–Kier alpha value is -2.41. The Balaban J connectivity index is 2.02. The molecule has 7 heteroatoms. The standard InChI is InChI=1S/C17H19NO5S/c1-21-13-4-6-15-12(10-13)8-9-18(15)24(19,20)14-5-7-16(22-2)17(11-14)23-3/h4-7,10-11H,8-9H2,1-3H3. The van der Waals surface area contributed by atoms with Crippen molar-refractivity contribution in [1.29, 1.82) is 0 Å². The largest absolute Gasteiger partial charge is 0.497 e. The van der Waals surface area contributed by atoms with Crippen LogP contribution in [0.15, 0.2) is 41.3 Å². The quantitative estimate of drug-likeness (QED) is 0.830. The average Bonchev–Trinajstić information content (AvgIpc) is 3.04. The van der Waals surface area contributed by atoms with Crippen molar-refractivity contribution >= 4 is 15.7 Å². The average molecular weight is 349 g/mol. The van der Waals surface area contributed by atoms with Crippen LogP contribution in [0.4, 0.5) is 5.69 Å². The van der Waals surface area contributed by atoms with Gasteiger partial charge in [-0.2, -0.15) is 0 Å². The van der Waals surface area contributed by atoms with Crippen molar-refractivity contribution < 1.29 is 22.6 Å². The molecule has 24 heavy (non-hydrogen) atoms. The number of ether oxygens (including phenoxy) is 3. The van der Waals surface area contributed by atoms with Crippen molar-refractivity contribution in [3.05, 3.63) is 42.0 Å². The number of hydrogen-bond donors (Lipinski definition) is 0. The zero-order valence-electron chi connectivity index (χ0n) is 13.8. The second kappa shape index (κ2) is 6.24. The number of methoxy groups -OCH3 is 3. The monoisotopic (exact) mass is 349 g/mol. The van der Waals surface area contributed by atoms with E-state index in [2.05, 4.69) is 0 Å². The second-order valence-electron chi connectivity index (χ2n) is 5.34.